The topological polar surface area (TPSA) is 96.4 Å². The van der Waals surface area contributed by atoms with Crippen LogP contribution in [0.4, 0.5) is 5.69 Å². The molecule has 3 aliphatic rings. The Kier molecular flexibility index (Phi) is 9.63. The smallest absolute Gasteiger partial charge is 0.312 e. The molecular formula is C35H41ClN2O6. The van der Waals surface area contributed by atoms with Gasteiger partial charge in [-0.15, -0.1) is 13.2 Å². The Morgan fingerprint density at radius 2 is 1.86 bits per heavy atom. The first-order chi connectivity index (χ1) is 21.2. The summed E-state index contributed by atoms with van der Waals surface area (Å²) in [5.74, 6) is -3.09. The molecule has 234 valence electrons. The lowest BCUT2D eigenvalue weighted by Gasteiger charge is -2.39. The van der Waals surface area contributed by atoms with Gasteiger partial charge in [0.1, 0.15) is 17.6 Å². The number of nitrogens with zero attached hydrogens (tertiary/aromatic N) is 2. The number of benzene rings is 2. The van der Waals surface area contributed by atoms with Gasteiger partial charge in [0.2, 0.25) is 5.91 Å². The highest BCUT2D eigenvalue weighted by Gasteiger charge is 2.79. The molecule has 3 heterocycles. The number of hydrogen-bond donors (Lipinski definition) is 1. The minimum Gasteiger partial charge on any atom is -0.465 e. The molecule has 2 aromatic rings. The summed E-state index contributed by atoms with van der Waals surface area (Å²) in [4.78, 5) is 46.2. The van der Waals surface area contributed by atoms with Crippen LogP contribution >= 0.6 is 11.6 Å². The fourth-order valence-electron chi connectivity index (χ4n) is 7.44. The maximum absolute atomic E-state index is 14.8. The summed E-state index contributed by atoms with van der Waals surface area (Å²) in [6.07, 6.45) is 6.98. The second-order valence-corrected chi connectivity index (χ2v) is 12.5. The summed E-state index contributed by atoms with van der Waals surface area (Å²) in [7, 11) is 0. The standard InChI is InChI=1S/C35H41ClN2O6/c1-4-6-7-13-21-43-33(42)29-28-31(40)38(25(23-39)22-24-14-9-8-10-15-24)30(35(28)19-18-34(29,3)44-35)32(41)37(20-5-2)27-17-12-11-16-26(27)36/h4-5,8-12,14-17,25,28-30,39H,1-2,6-7,13,18-23H2,3H3/t25-,28+,29-,30?,34+,35?/m1/s1. The Morgan fingerprint density at radius 1 is 1.14 bits per heavy atom. The SMILES string of the molecule is C=CCCCCOC(=O)[C@H]1[C@H]2C(=O)N([C@@H](CO)Cc3ccccc3)C(C(=O)N(CC=C)c3ccccc3Cl)C23CC[C@]1(C)O3. The summed E-state index contributed by atoms with van der Waals surface area (Å²) >= 11 is 6.58. The molecule has 9 heteroatoms. The zero-order chi connectivity index (χ0) is 31.5. The lowest BCUT2D eigenvalue weighted by Crippen LogP contribution is -2.59. The number of halogens is 1. The zero-order valence-electron chi connectivity index (χ0n) is 25.2. The molecule has 8 nitrogen and oxygen atoms in total. The van der Waals surface area contributed by atoms with E-state index >= 15 is 0 Å². The minimum atomic E-state index is -1.28. The maximum Gasteiger partial charge on any atom is 0.312 e. The lowest BCUT2D eigenvalue weighted by atomic mass is 9.66. The van der Waals surface area contributed by atoms with Crippen molar-refractivity contribution >= 4 is 35.1 Å². The second-order valence-electron chi connectivity index (χ2n) is 12.1. The van der Waals surface area contributed by atoms with Crippen LogP contribution in [-0.4, -0.2) is 70.8 Å². The summed E-state index contributed by atoms with van der Waals surface area (Å²) in [6, 6.07) is 14.7. The zero-order valence-corrected chi connectivity index (χ0v) is 26.0. The predicted molar refractivity (Wildman–Crippen MR) is 169 cm³/mol. The van der Waals surface area contributed by atoms with Crippen LogP contribution in [0.3, 0.4) is 0 Å². The van der Waals surface area contributed by atoms with Gasteiger partial charge >= 0.3 is 5.97 Å². The van der Waals surface area contributed by atoms with Gasteiger partial charge in [-0.2, -0.15) is 0 Å². The number of allylic oxidation sites excluding steroid dienone is 1. The Balaban J connectivity index is 1.56. The monoisotopic (exact) mass is 620 g/mol. The van der Waals surface area contributed by atoms with Crippen LogP contribution in [0.2, 0.25) is 5.02 Å². The summed E-state index contributed by atoms with van der Waals surface area (Å²) < 4.78 is 12.5. The first-order valence-electron chi connectivity index (χ1n) is 15.3. The Bertz CT molecular complexity index is 1400. The highest BCUT2D eigenvalue weighted by atomic mass is 35.5. The van der Waals surface area contributed by atoms with Crippen molar-refractivity contribution < 1.29 is 29.0 Å². The fourth-order valence-corrected chi connectivity index (χ4v) is 7.68. The number of unbranched alkanes of at least 4 members (excludes halogenated alkanes) is 2. The van der Waals surface area contributed by atoms with Crippen molar-refractivity contribution in [3.8, 4) is 0 Å². The molecule has 1 N–H and O–H groups in total. The number of rotatable bonds is 14. The van der Waals surface area contributed by atoms with E-state index in [0.29, 0.717) is 36.4 Å². The van der Waals surface area contributed by atoms with E-state index in [2.05, 4.69) is 13.2 Å². The quantitative estimate of drug-likeness (QED) is 0.179. The predicted octanol–water partition coefficient (Wildman–Crippen LogP) is 5.13. The molecule has 0 saturated carbocycles. The molecule has 44 heavy (non-hydrogen) atoms. The Hall–Kier alpha value is -3.46. The van der Waals surface area contributed by atoms with Crippen molar-refractivity contribution in [3.05, 3.63) is 90.5 Å². The number of amides is 2. The van der Waals surface area contributed by atoms with Gasteiger partial charge in [0.25, 0.3) is 5.91 Å². The number of ether oxygens (including phenoxy) is 2. The van der Waals surface area contributed by atoms with E-state index in [-0.39, 0.29) is 25.7 Å². The molecule has 0 aromatic heterocycles. The second kappa shape index (κ2) is 13.3. The third kappa shape index (κ3) is 5.59. The molecule has 5 rings (SSSR count). The van der Waals surface area contributed by atoms with E-state index < -0.39 is 47.0 Å². The molecule has 2 bridgehead atoms. The molecule has 2 aromatic carbocycles. The van der Waals surface area contributed by atoms with E-state index in [4.69, 9.17) is 21.1 Å². The van der Waals surface area contributed by atoms with Crippen LogP contribution in [0.5, 0.6) is 0 Å². The maximum atomic E-state index is 14.8. The summed E-state index contributed by atoms with van der Waals surface area (Å²) in [5.41, 5.74) is -0.864. The highest BCUT2D eigenvalue weighted by Crippen LogP contribution is 2.64. The summed E-state index contributed by atoms with van der Waals surface area (Å²) in [5, 5.41) is 11.1. The van der Waals surface area contributed by atoms with E-state index in [9.17, 15) is 19.5 Å². The number of para-hydroxylation sites is 1. The van der Waals surface area contributed by atoms with Gasteiger partial charge in [0.05, 0.1) is 41.5 Å². The molecule has 3 fully saturated rings. The van der Waals surface area contributed by atoms with Crippen molar-refractivity contribution in [1.29, 1.82) is 0 Å². The number of likely N-dealkylation sites (tertiary alicyclic amines) is 1. The van der Waals surface area contributed by atoms with Crippen molar-refractivity contribution in [2.45, 2.75) is 68.7 Å². The van der Waals surface area contributed by atoms with Crippen LogP contribution in [-0.2, 0) is 30.3 Å². The number of hydrogen-bond acceptors (Lipinski definition) is 6. The van der Waals surface area contributed by atoms with Gasteiger partial charge in [0, 0.05) is 6.54 Å². The van der Waals surface area contributed by atoms with Crippen molar-refractivity contribution in [1.82, 2.24) is 4.90 Å². The first-order valence-corrected chi connectivity index (χ1v) is 15.7. The third-order valence-corrected chi connectivity index (χ3v) is 9.71. The summed E-state index contributed by atoms with van der Waals surface area (Å²) in [6.45, 7) is 9.41. The van der Waals surface area contributed by atoms with Gasteiger partial charge < -0.3 is 24.4 Å². The molecule has 0 aliphatic carbocycles. The van der Waals surface area contributed by atoms with E-state index in [1.807, 2.05) is 43.3 Å². The number of aliphatic hydroxyl groups is 1. The molecule has 2 amide bonds. The number of anilines is 1. The van der Waals surface area contributed by atoms with Crippen LogP contribution in [0, 0.1) is 11.8 Å². The molecule has 6 atom stereocenters. The number of carbonyl (C=O) groups is 3. The molecule has 3 aliphatic heterocycles. The first kappa shape index (κ1) is 31.9. The Morgan fingerprint density at radius 3 is 2.55 bits per heavy atom. The average molecular weight is 621 g/mol. The van der Waals surface area contributed by atoms with Crippen molar-refractivity contribution in [3.63, 3.8) is 0 Å². The van der Waals surface area contributed by atoms with Crippen molar-refractivity contribution in [2.75, 3.05) is 24.7 Å². The van der Waals surface area contributed by atoms with Crippen molar-refractivity contribution in [2.24, 2.45) is 11.8 Å². The fraction of sp³-hybridized carbons (Fsp3) is 0.457. The van der Waals surface area contributed by atoms with Gasteiger partial charge in [-0.1, -0.05) is 66.2 Å². The lowest BCUT2D eigenvalue weighted by molar-refractivity contribution is -0.160. The number of carbonyl (C=O) groups excluding carboxylic acids is 3. The van der Waals surface area contributed by atoms with E-state index in [0.717, 1.165) is 18.4 Å². The normalized spacial score (nSPS) is 27.6. The van der Waals surface area contributed by atoms with Gasteiger partial charge in [-0.25, -0.2) is 0 Å². The van der Waals surface area contributed by atoms with Crippen LogP contribution < -0.4 is 4.90 Å². The van der Waals surface area contributed by atoms with Crippen LogP contribution in [0.1, 0.15) is 44.6 Å². The molecule has 0 radical (unpaired) electrons. The number of esters is 1. The number of aliphatic hydroxyl groups excluding tert-OH is 1. The van der Waals surface area contributed by atoms with Gasteiger partial charge in [0.15, 0.2) is 0 Å². The largest absolute Gasteiger partial charge is 0.465 e. The molecular weight excluding hydrogens is 580 g/mol. The van der Waals surface area contributed by atoms with Gasteiger partial charge in [-0.3, -0.25) is 14.4 Å². The number of fused-ring (bicyclic) bond motifs is 1. The average Bonchev–Trinajstić information content (AvgIpc) is 3.59. The highest BCUT2D eigenvalue weighted by molar-refractivity contribution is 6.34. The van der Waals surface area contributed by atoms with Crippen LogP contribution in [0.15, 0.2) is 79.9 Å². The van der Waals surface area contributed by atoms with E-state index in [1.54, 1.807) is 30.3 Å². The third-order valence-electron chi connectivity index (χ3n) is 9.39. The van der Waals surface area contributed by atoms with Gasteiger partial charge in [-0.05, 0) is 63.1 Å². The Labute approximate surface area is 264 Å². The van der Waals surface area contributed by atoms with Crippen LogP contribution in [0.25, 0.3) is 0 Å². The molecule has 3 saturated heterocycles. The molecule has 2 unspecified atom stereocenters. The van der Waals surface area contributed by atoms with E-state index in [1.165, 1.54) is 9.80 Å². The minimum absolute atomic E-state index is 0.137. The molecule has 1 spiro atoms.